The quantitative estimate of drug-likeness (QED) is 0.444. The van der Waals surface area contributed by atoms with Gasteiger partial charge in [0.1, 0.15) is 12.4 Å². The molecule has 1 spiro atoms. The number of likely N-dealkylation sites (tertiary alicyclic amines) is 1. The Bertz CT molecular complexity index is 997. The number of hydrogen-bond acceptors (Lipinski definition) is 4. The molecule has 0 aromatic heterocycles. The molecule has 5 nitrogen and oxygen atoms in total. The minimum absolute atomic E-state index is 0.0968. The number of halogens is 1. The number of rotatable bonds is 7. The number of anilines is 1. The van der Waals surface area contributed by atoms with Crippen LogP contribution in [0.5, 0.6) is 5.75 Å². The first-order valence-electron chi connectivity index (χ1n) is 12.4. The van der Waals surface area contributed by atoms with Crippen molar-refractivity contribution in [3.8, 4) is 5.75 Å². The Kier molecular flexibility index (Phi) is 9.15. The molecule has 2 aromatic rings. The van der Waals surface area contributed by atoms with Crippen molar-refractivity contribution in [1.82, 2.24) is 4.90 Å². The fraction of sp³-hybridized carbons (Fsp3) is 0.500. The van der Waals surface area contributed by atoms with Crippen LogP contribution in [0.15, 0.2) is 36.4 Å². The first-order chi connectivity index (χ1) is 16.3. The molecule has 0 radical (unpaired) electrons. The molecule has 0 aliphatic carbocycles. The van der Waals surface area contributed by atoms with Crippen LogP contribution in [-0.4, -0.2) is 43.3 Å². The third-order valence-corrected chi connectivity index (χ3v) is 7.07. The van der Waals surface area contributed by atoms with E-state index in [2.05, 4.69) is 31.0 Å². The monoisotopic (exact) mass is 483 g/mol. The Balaban J connectivity index is 0.000000481. The van der Waals surface area contributed by atoms with Gasteiger partial charge in [-0.2, -0.15) is 0 Å². The van der Waals surface area contributed by atoms with E-state index >= 15 is 0 Å². The standard InChI is InChI=1S/C22H24ClN3O2.C6H14/c1-15-2-4-18(12-16(15)14-24)28-11-10-26-8-6-22(7-9-26)19-13-17(23)3-5-20(19)25-21(22)27;1-4-5-6(2)3/h2-5,12-14,24H,6-11H2,1H3,(H,25,27);6H,4-5H2,1-3H3. The maximum Gasteiger partial charge on any atom is 0.235 e. The third kappa shape index (κ3) is 6.19. The van der Waals surface area contributed by atoms with Crippen molar-refractivity contribution >= 4 is 29.4 Å². The fourth-order valence-electron chi connectivity index (χ4n) is 4.77. The van der Waals surface area contributed by atoms with Crippen LogP contribution >= 0.6 is 11.6 Å². The van der Waals surface area contributed by atoms with Gasteiger partial charge in [0.25, 0.3) is 0 Å². The van der Waals surface area contributed by atoms with E-state index in [4.69, 9.17) is 21.7 Å². The van der Waals surface area contributed by atoms with Crippen molar-refractivity contribution in [2.24, 2.45) is 5.92 Å². The molecule has 0 bridgehead atoms. The zero-order valence-electron chi connectivity index (χ0n) is 20.9. The second kappa shape index (κ2) is 11.9. The van der Waals surface area contributed by atoms with Crippen LogP contribution in [0.2, 0.25) is 5.02 Å². The highest BCUT2D eigenvalue weighted by atomic mass is 35.5. The topological polar surface area (TPSA) is 65.4 Å². The fourth-order valence-corrected chi connectivity index (χ4v) is 4.95. The molecule has 0 unspecified atom stereocenters. The van der Waals surface area contributed by atoms with Crippen molar-refractivity contribution in [2.75, 3.05) is 31.6 Å². The first-order valence-corrected chi connectivity index (χ1v) is 12.7. The molecule has 2 aromatic carbocycles. The van der Waals surface area contributed by atoms with E-state index in [9.17, 15) is 4.79 Å². The molecule has 1 amide bonds. The van der Waals surface area contributed by atoms with Gasteiger partial charge in [0.05, 0.1) is 5.41 Å². The highest BCUT2D eigenvalue weighted by molar-refractivity contribution is 6.31. The second-order valence-electron chi connectivity index (χ2n) is 9.76. The average molecular weight is 484 g/mol. The van der Waals surface area contributed by atoms with Gasteiger partial charge >= 0.3 is 0 Å². The lowest BCUT2D eigenvalue weighted by atomic mass is 9.73. The summed E-state index contributed by atoms with van der Waals surface area (Å²) >= 11 is 6.18. The number of fused-ring (bicyclic) bond motifs is 2. The summed E-state index contributed by atoms with van der Waals surface area (Å²) in [6.45, 7) is 11.8. The van der Waals surface area contributed by atoms with E-state index in [1.165, 1.54) is 19.1 Å². The number of carbonyl (C=O) groups is 1. The maximum absolute atomic E-state index is 12.7. The summed E-state index contributed by atoms with van der Waals surface area (Å²) in [5.41, 5.74) is 3.43. The van der Waals surface area contributed by atoms with E-state index < -0.39 is 5.41 Å². The summed E-state index contributed by atoms with van der Waals surface area (Å²) in [6.07, 6.45) is 5.63. The summed E-state index contributed by atoms with van der Waals surface area (Å²) < 4.78 is 5.87. The second-order valence-corrected chi connectivity index (χ2v) is 10.2. The third-order valence-electron chi connectivity index (χ3n) is 6.84. The van der Waals surface area contributed by atoms with Gasteiger partial charge in [-0.3, -0.25) is 9.69 Å². The summed E-state index contributed by atoms with van der Waals surface area (Å²) in [4.78, 5) is 15.0. The number of ether oxygens (including phenoxy) is 1. The lowest BCUT2D eigenvalue weighted by molar-refractivity contribution is -0.122. The largest absolute Gasteiger partial charge is 0.492 e. The summed E-state index contributed by atoms with van der Waals surface area (Å²) in [6, 6.07) is 11.5. The lowest BCUT2D eigenvalue weighted by Gasteiger charge is -2.38. The number of benzene rings is 2. The molecule has 34 heavy (non-hydrogen) atoms. The smallest absolute Gasteiger partial charge is 0.235 e. The highest BCUT2D eigenvalue weighted by Gasteiger charge is 2.48. The predicted octanol–water partition coefficient (Wildman–Crippen LogP) is 6.45. The number of carbonyl (C=O) groups excluding carboxylic acids is 1. The Morgan fingerprint density at radius 3 is 2.56 bits per heavy atom. The number of nitrogens with one attached hydrogen (secondary N) is 2. The number of hydrogen-bond donors (Lipinski definition) is 2. The molecule has 2 N–H and O–H groups in total. The number of amides is 1. The van der Waals surface area contributed by atoms with Gasteiger partial charge in [0, 0.05) is 23.5 Å². The Labute approximate surface area is 209 Å². The molecule has 1 fully saturated rings. The molecule has 0 atom stereocenters. The number of nitrogens with zero attached hydrogens (tertiary/aromatic N) is 1. The van der Waals surface area contributed by atoms with Gasteiger partial charge in [-0.1, -0.05) is 51.3 Å². The van der Waals surface area contributed by atoms with Crippen LogP contribution in [0, 0.1) is 18.3 Å². The first kappa shape index (κ1) is 26.2. The van der Waals surface area contributed by atoms with E-state index in [1.807, 2.05) is 43.3 Å². The lowest BCUT2D eigenvalue weighted by Crippen LogP contribution is -2.47. The number of aryl methyl sites for hydroxylation is 1. The van der Waals surface area contributed by atoms with Crippen LogP contribution in [0.4, 0.5) is 5.69 Å². The van der Waals surface area contributed by atoms with Crippen LogP contribution < -0.4 is 10.1 Å². The van der Waals surface area contributed by atoms with Gasteiger partial charge < -0.3 is 15.5 Å². The van der Waals surface area contributed by atoms with Crippen LogP contribution in [0.1, 0.15) is 63.1 Å². The number of piperidine rings is 1. The van der Waals surface area contributed by atoms with Gasteiger partial charge in [0.15, 0.2) is 0 Å². The molecular weight excluding hydrogens is 446 g/mol. The van der Waals surface area contributed by atoms with Crippen molar-refractivity contribution in [1.29, 1.82) is 5.41 Å². The minimum Gasteiger partial charge on any atom is -0.492 e. The average Bonchev–Trinajstić information content (AvgIpc) is 3.07. The molecule has 4 rings (SSSR count). The van der Waals surface area contributed by atoms with Gasteiger partial charge in [-0.05, 0) is 85.8 Å². The SMILES string of the molecule is CCCC(C)C.Cc1ccc(OCCN2CCC3(CC2)C(=O)Nc2ccc(Cl)cc23)cc1C=N. The molecule has 0 saturated carbocycles. The van der Waals surface area contributed by atoms with E-state index in [0.717, 1.165) is 66.5 Å². The molecule has 2 aliphatic rings. The minimum atomic E-state index is -0.451. The van der Waals surface area contributed by atoms with Crippen molar-refractivity contribution < 1.29 is 9.53 Å². The molecule has 1 saturated heterocycles. The van der Waals surface area contributed by atoms with Crippen LogP contribution in [0.3, 0.4) is 0 Å². The van der Waals surface area contributed by atoms with E-state index in [0.29, 0.717) is 11.6 Å². The van der Waals surface area contributed by atoms with Crippen LogP contribution in [0.25, 0.3) is 0 Å². The molecule has 2 heterocycles. The Hall–Kier alpha value is -2.37. The predicted molar refractivity (Wildman–Crippen MR) is 142 cm³/mol. The molecular formula is C28H38ClN3O2. The van der Waals surface area contributed by atoms with E-state index in [1.54, 1.807) is 0 Å². The normalized spacial score (nSPS) is 16.6. The van der Waals surface area contributed by atoms with Gasteiger partial charge in [-0.25, -0.2) is 0 Å². The summed E-state index contributed by atoms with van der Waals surface area (Å²) in [5.74, 6) is 1.78. The Morgan fingerprint density at radius 1 is 1.21 bits per heavy atom. The van der Waals surface area contributed by atoms with Crippen molar-refractivity contribution in [3.63, 3.8) is 0 Å². The molecule has 6 heteroatoms. The zero-order valence-corrected chi connectivity index (χ0v) is 21.7. The van der Waals surface area contributed by atoms with Gasteiger partial charge in [0.2, 0.25) is 5.91 Å². The maximum atomic E-state index is 12.7. The zero-order chi connectivity index (χ0) is 24.7. The van der Waals surface area contributed by atoms with E-state index in [-0.39, 0.29) is 5.91 Å². The Morgan fingerprint density at radius 2 is 1.94 bits per heavy atom. The van der Waals surface area contributed by atoms with Gasteiger partial charge in [-0.15, -0.1) is 0 Å². The van der Waals surface area contributed by atoms with Crippen molar-refractivity contribution in [3.05, 3.63) is 58.1 Å². The summed E-state index contributed by atoms with van der Waals surface area (Å²) in [7, 11) is 0. The summed E-state index contributed by atoms with van der Waals surface area (Å²) in [5, 5.41) is 11.1. The van der Waals surface area contributed by atoms with Crippen molar-refractivity contribution in [2.45, 2.75) is 58.8 Å². The highest BCUT2D eigenvalue weighted by Crippen LogP contribution is 2.45. The molecule has 2 aliphatic heterocycles. The van der Waals surface area contributed by atoms with Crippen LogP contribution in [-0.2, 0) is 10.2 Å². The molecule has 184 valence electrons.